The molecule has 1 aliphatic heterocycles. The van der Waals surface area contributed by atoms with Gasteiger partial charge in [0.05, 0.1) is 10.7 Å². The molecule has 0 bridgehead atoms. The Hall–Kier alpha value is -0.980. The first-order valence-corrected chi connectivity index (χ1v) is 7.85. The normalized spacial score (nSPS) is 21.8. The smallest absolute Gasteiger partial charge is 0.240 e. The van der Waals surface area contributed by atoms with E-state index >= 15 is 0 Å². The number of carbonyl (C=O) groups excluding carboxylic acids is 1. The molecule has 112 valence electrons. The van der Waals surface area contributed by atoms with Crippen molar-refractivity contribution < 1.29 is 4.79 Å². The second kappa shape index (κ2) is 6.20. The Bertz CT molecular complexity index is 486. The van der Waals surface area contributed by atoms with Crippen molar-refractivity contribution in [3.05, 3.63) is 15.6 Å². The Morgan fingerprint density at radius 1 is 1.50 bits per heavy atom. The van der Waals surface area contributed by atoms with E-state index in [1.165, 1.54) is 4.88 Å². The first kappa shape index (κ1) is 15.4. The Kier molecular flexibility index (Phi) is 4.78. The number of carbonyl (C=O) groups is 1. The molecule has 2 rings (SSSR count). The minimum atomic E-state index is -0.0874. The molecule has 1 aromatic heterocycles. The van der Waals surface area contributed by atoms with Crippen LogP contribution < -0.4 is 5.32 Å². The number of aryl methyl sites for hydroxylation is 2. The van der Waals surface area contributed by atoms with E-state index in [0.29, 0.717) is 0 Å². The van der Waals surface area contributed by atoms with Crippen molar-refractivity contribution in [3.8, 4) is 0 Å². The number of piperazine rings is 1. The predicted octanol–water partition coefficient (Wildman–Crippen LogP) is 1.18. The Morgan fingerprint density at radius 3 is 2.75 bits per heavy atom. The average molecular weight is 296 g/mol. The summed E-state index contributed by atoms with van der Waals surface area (Å²) in [6.07, 6.45) is 0. The standard InChI is InChI=1S/C14H24N4OS/c1-9-13(20-11(3)16-9)10(2)18-7-6-15-8-12(18)14(19)17(4)5/h10,12,15H,6-8H2,1-5H3. The van der Waals surface area contributed by atoms with E-state index in [0.717, 1.165) is 30.3 Å². The third-order valence-electron chi connectivity index (χ3n) is 3.83. The predicted molar refractivity (Wildman–Crippen MR) is 82.1 cm³/mol. The summed E-state index contributed by atoms with van der Waals surface area (Å²) in [5.41, 5.74) is 1.09. The van der Waals surface area contributed by atoms with E-state index in [4.69, 9.17) is 0 Å². The Labute approximate surface area is 125 Å². The molecule has 2 unspecified atom stereocenters. The second-order valence-electron chi connectivity index (χ2n) is 5.55. The number of thiazole rings is 1. The molecule has 0 saturated carbocycles. The van der Waals surface area contributed by atoms with Gasteiger partial charge in [-0.3, -0.25) is 9.69 Å². The van der Waals surface area contributed by atoms with Crippen molar-refractivity contribution in [2.45, 2.75) is 32.9 Å². The zero-order valence-corrected chi connectivity index (χ0v) is 13.8. The molecule has 1 N–H and O–H groups in total. The van der Waals surface area contributed by atoms with E-state index in [1.807, 2.05) is 21.0 Å². The van der Waals surface area contributed by atoms with Crippen LogP contribution in [0.4, 0.5) is 0 Å². The van der Waals surface area contributed by atoms with Crippen LogP contribution in [-0.4, -0.2) is 60.5 Å². The number of amides is 1. The minimum Gasteiger partial charge on any atom is -0.347 e. The largest absolute Gasteiger partial charge is 0.347 e. The molecule has 1 aromatic rings. The molecule has 0 aromatic carbocycles. The van der Waals surface area contributed by atoms with Gasteiger partial charge in [-0.1, -0.05) is 0 Å². The molecule has 1 amide bonds. The molecule has 1 aliphatic rings. The van der Waals surface area contributed by atoms with E-state index < -0.39 is 0 Å². The average Bonchev–Trinajstić information content (AvgIpc) is 2.76. The lowest BCUT2D eigenvalue weighted by atomic mass is 10.1. The van der Waals surface area contributed by atoms with Gasteiger partial charge in [-0.2, -0.15) is 0 Å². The third-order valence-corrected chi connectivity index (χ3v) is 5.07. The van der Waals surface area contributed by atoms with Gasteiger partial charge < -0.3 is 10.2 Å². The Morgan fingerprint density at radius 2 is 2.20 bits per heavy atom. The van der Waals surface area contributed by atoms with E-state index in [1.54, 1.807) is 16.2 Å². The van der Waals surface area contributed by atoms with Gasteiger partial charge in [-0.15, -0.1) is 11.3 Å². The van der Waals surface area contributed by atoms with Gasteiger partial charge in [0.15, 0.2) is 0 Å². The number of nitrogens with one attached hydrogen (secondary N) is 1. The quantitative estimate of drug-likeness (QED) is 0.910. The van der Waals surface area contributed by atoms with E-state index in [9.17, 15) is 4.79 Å². The maximum Gasteiger partial charge on any atom is 0.240 e. The van der Waals surface area contributed by atoms with Crippen molar-refractivity contribution in [2.24, 2.45) is 0 Å². The number of rotatable bonds is 3. The SMILES string of the molecule is Cc1nc(C)c(C(C)N2CCNCC2C(=O)N(C)C)s1. The molecule has 2 atom stereocenters. The lowest BCUT2D eigenvalue weighted by Crippen LogP contribution is -2.58. The molecule has 0 radical (unpaired) electrons. The van der Waals surface area contributed by atoms with Crippen LogP contribution in [0, 0.1) is 13.8 Å². The molecular formula is C14H24N4OS. The fraction of sp³-hybridized carbons (Fsp3) is 0.714. The van der Waals surface area contributed by atoms with Gasteiger partial charge in [0.1, 0.15) is 6.04 Å². The van der Waals surface area contributed by atoms with Gasteiger partial charge >= 0.3 is 0 Å². The summed E-state index contributed by atoms with van der Waals surface area (Å²) in [5.74, 6) is 0.169. The molecule has 5 nitrogen and oxygen atoms in total. The summed E-state index contributed by atoms with van der Waals surface area (Å²) in [5, 5.41) is 4.42. The topological polar surface area (TPSA) is 48.5 Å². The maximum atomic E-state index is 12.4. The zero-order chi connectivity index (χ0) is 14.9. The van der Waals surface area contributed by atoms with Crippen LogP contribution in [0.25, 0.3) is 0 Å². The van der Waals surface area contributed by atoms with Crippen LogP contribution >= 0.6 is 11.3 Å². The van der Waals surface area contributed by atoms with Crippen molar-refractivity contribution >= 4 is 17.2 Å². The van der Waals surface area contributed by atoms with Crippen LogP contribution in [0.15, 0.2) is 0 Å². The molecule has 1 fully saturated rings. The van der Waals surface area contributed by atoms with E-state index in [2.05, 4.69) is 29.0 Å². The number of nitrogens with zero attached hydrogens (tertiary/aromatic N) is 3. The molecule has 0 spiro atoms. The van der Waals surface area contributed by atoms with Crippen LogP contribution in [-0.2, 0) is 4.79 Å². The fourth-order valence-corrected chi connectivity index (χ4v) is 3.80. The van der Waals surface area contributed by atoms with Crippen molar-refractivity contribution in [2.75, 3.05) is 33.7 Å². The lowest BCUT2D eigenvalue weighted by molar-refractivity contribution is -0.136. The summed E-state index contributed by atoms with van der Waals surface area (Å²) < 4.78 is 0. The van der Waals surface area contributed by atoms with Gasteiger partial charge in [0, 0.05) is 44.6 Å². The minimum absolute atomic E-state index is 0.0874. The van der Waals surface area contributed by atoms with Crippen molar-refractivity contribution in [3.63, 3.8) is 0 Å². The molecule has 20 heavy (non-hydrogen) atoms. The number of hydrogen-bond donors (Lipinski definition) is 1. The van der Waals surface area contributed by atoms with Gasteiger partial charge in [0.25, 0.3) is 0 Å². The monoisotopic (exact) mass is 296 g/mol. The summed E-state index contributed by atoms with van der Waals surface area (Å²) in [6.45, 7) is 8.81. The highest BCUT2D eigenvalue weighted by Gasteiger charge is 2.34. The molecule has 1 saturated heterocycles. The van der Waals surface area contributed by atoms with Crippen molar-refractivity contribution in [1.29, 1.82) is 0 Å². The molecule has 0 aliphatic carbocycles. The number of likely N-dealkylation sites (N-methyl/N-ethyl adjacent to an activating group) is 1. The van der Waals surface area contributed by atoms with Crippen LogP contribution in [0.5, 0.6) is 0 Å². The first-order valence-electron chi connectivity index (χ1n) is 7.03. The summed E-state index contributed by atoms with van der Waals surface area (Å²) >= 11 is 1.74. The summed E-state index contributed by atoms with van der Waals surface area (Å²) in [7, 11) is 3.64. The number of hydrogen-bond acceptors (Lipinski definition) is 5. The highest BCUT2D eigenvalue weighted by molar-refractivity contribution is 7.11. The lowest BCUT2D eigenvalue weighted by Gasteiger charge is -2.40. The molecular weight excluding hydrogens is 272 g/mol. The fourth-order valence-electron chi connectivity index (χ4n) is 2.80. The van der Waals surface area contributed by atoms with Gasteiger partial charge in [-0.05, 0) is 20.8 Å². The second-order valence-corrected chi connectivity index (χ2v) is 6.78. The highest BCUT2D eigenvalue weighted by Crippen LogP contribution is 2.30. The highest BCUT2D eigenvalue weighted by atomic mass is 32.1. The summed E-state index contributed by atoms with van der Waals surface area (Å²) in [6, 6.07) is 0.146. The summed E-state index contributed by atoms with van der Waals surface area (Å²) in [4.78, 5) is 22.1. The maximum absolute atomic E-state index is 12.4. The molecule has 6 heteroatoms. The Balaban J connectivity index is 2.23. The zero-order valence-electron chi connectivity index (χ0n) is 12.9. The molecule has 2 heterocycles. The van der Waals surface area contributed by atoms with Crippen molar-refractivity contribution in [1.82, 2.24) is 20.1 Å². The first-order chi connectivity index (χ1) is 9.41. The van der Waals surface area contributed by atoms with Gasteiger partial charge in [-0.25, -0.2) is 4.98 Å². The van der Waals surface area contributed by atoms with Crippen LogP contribution in [0.1, 0.15) is 28.5 Å². The van der Waals surface area contributed by atoms with Crippen LogP contribution in [0.3, 0.4) is 0 Å². The van der Waals surface area contributed by atoms with Crippen LogP contribution in [0.2, 0.25) is 0 Å². The van der Waals surface area contributed by atoms with E-state index in [-0.39, 0.29) is 18.0 Å². The number of aromatic nitrogens is 1. The third kappa shape index (κ3) is 3.02. The van der Waals surface area contributed by atoms with Gasteiger partial charge in [0.2, 0.25) is 5.91 Å².